The lowest BCUT2D eigenvalue weighted by molar-refractivity contribution is 0.0847. The lowest BCUT2D eigenvalue weighted by Crippen LogP contribution is -2.53. The van der Waals surface area contributed by atoms with Gasteiger partial charge in [-0.15, -0.1) is 0 Å². The standard InChI is InChI=1S/C38H41ClN6O4S/c39-33-24-40-36(42-35(33)32-25-45(34-17-9-8-16-31(32)34)50(47,48)30-14-6-2-7-15-30)43-38(20-10-3-11-21-38)27-41-29-18-22-44(23-19-29)37(46)49-26-28-12-4-1-5-13-28/h1-2,4-9,12-17,24-25,29,41H,3,10-11,18-23,26-27H2,(H,40,42,43). The van der Waals surface area contributed by atoms with Crippen molar-refractivity contribution in [3.05, 3.63) is 108 Å². The Morgan fingerprint density at radius 3 is 2.34 bits per heavy atom. The van der Waals surface area contributed by atoms with Crippen molar-refractivity contribution < 1.29 is 17.9 Å². The highest BCUT2D eigenvalue weighted by atomic mass is 35.5. The summed E-state index contributed by atoms with van der Waals surface area (Å²) in [5.41, 5.74) is 2.33. The van der Waals surface area contributed by atoms with Crippen molar-refractivity contribution in [1.82, 2.24) is 24.2 Å². The topological polar surface area (TPSA) is 118 Å². The fourth-order valence-electron chi connectivity index (χ4n) is 7.09. The molecule has 0 spiro atoms. The number of benzene rings is 3. The monoisotopic (exact) mass is 712 g/mol. The van der Waals surface area contributed by atoms with Crippen LogP contribution in [0.25, 0.3) is 22.2 Å². The lowest BCUT2D eigenvalue weighted by atomic mass is 9.81. The first-order valence-electron chi connectivity index (χ1n) is 17.2. The molecule has 0 radical (unpaired) electrons. The second-order valence-corrected chi connectivity index (χ2v) is 15.4. The van der Waals surface area contributed by atoms with E-state index in [0.717, 1.165) is 56.0 Å². The number of hydrogen-bond donors (Lipinski definition) is 2. The van der Waals surface area contributed by atoms with E-state index in [0.29, 0.717) is 40.8 Å². The Balaban J connectivity index is 1.06. The van der Waals surface area contributed by atoms with Crippen LogP contribution in [0.2, 0.25) is 5.02 Å². The van der Waals surface area contributed by atoms with Gasteiger partial charge < -0.3 is 20.3 Å². The minimum absolute atomic E-state index is 0.198. The number of ether oxygens (including phenoxy) is 1. The molecule has 1 saturated heterocycles. The Morgan fingerprint density at radius 1 is 0.920 bits per heavy atom. The zero-order valence-electron chi connectivity index (χ0n) is 27.8. The largest absolute Gasteiger partial charge is 0.445 e. The average molecular weight is 713 g/mol. The van der Waals surface area contributed by atoms with Gasteiger partial charge in [-0.1, -0.05) is 97.6 Å². The maximum atomic E-state index is 13.7. The predicted octanol–water partition coefficient (Wildman–Crippen LogP) is 7.49. The highest BCUT2D eigenvalue weighted by Gasteiger charge is 2.34. The SMILES string of the molecule is O=C(OCc1ccccc1)N1CCC(NCC2(Nc3ncc(Cl)c(-c4cn(S(=O)(=O)c5ccccc5)c5ccccc45)n3)CCCCC2)CC1. The smallest absolute Gasteiger partial charge is 0.410 e. The van der Waals surface area contributed by atoms with E-state index < -0.39 is 10.0 Å². The van der Waals surface area contributed by atoms with E-state index >= 15 is 0 Å². The van der Waals surface area contributed by atoms with Crippen molar-refractivity contribution in [1.29, 1.82) is 0 Å². The first kappa shape index (κ1) is 34.0. The number of amides is 1. The molecule has 50 heavy (non-hydrogen) atoms. The second-order valence-electron chi connectivity index (χ2n) is 13.2. The van der Waals surface area contributed by atoms with Crippen molar-refractivity contribution in [2.24, 2.45) is 0 Å². The van der Waals surface area contributed by atoms with Crippen LogP contribution in [-0.4, -0.2) is 64.6 Å². The molecule has 3 heterocycles. The zero-order valence-corrected chi connectivity index (χ0v) is 29.4. The first-order chi connectivity index (χ1) is 24.3. The van der Waals surface area contributed by atoms with Gasteiger partial charge in [0.05, 0.1) is 32.9 Å². The van der Waals surface area contributed by atoms with Gasteiger partial charge >= 0.3 is 6.09 Å². The third kappa shape index (κ3) is 7.35. The molecule has 2 fully saturated rings. The fraction of sp³-hybridized carbons (Fsp3) is 0.342. The second kappa shape index (κ2) is 14.8. The highest BCUT2D eigenvalue weighted by Crippen LogP contribution is 2.37. The molecule has 1 aliphatic heterocycles. The summed E-state index contributed by atoms with van der Waals surface area (Å²) >= 11 is 6.74. The van der Waals surface area contributed by atoms with Gasteiger partial charge in [-0.3, -0.25) is 0 Å². The first-order valence-corrected chi connectivity index (χ1v) is 19.0. The molecular formula is C38H41ClN6O4S. The van der Waals surface area contributed by atoms with Crippen molar-refractivity contribution in [3.8, 4) is 11.3 Å². The van der Waals surface area contributed by atoms with Gasteiger partial charge in [0.1, 0.15) is 6.61 Å². The van der Waals surface area contributed by atoms with E-state index in [9.17, 15) is 13.2 Å². The van der Waals surface area contributed by atoms with Crippen LogP contribution in [0.3, 0.4) is 0 Å². The number of nitrogens with zero attached hydrogens (tertiary/aromatic N) is 4. The Kier molecular flexibility index (Phi) is 10.1. The predicted molar refractivity (Wildman–Crippen MR) is 196 cm³/mol. The van der Waals surface area contributed by atoms with Gasteiger partial charge in [0.2, 0.25) is 5.95 Å². The number of hydrogen-bond acceptors (Lipinski definition) is 8. The van der Waals surface area contributed by atoms with E-state index in [1.165, 1.54) is 10.4 Å². The molecule has 260 valence electrons. The maximum absolute atomic E-state index is 13.7. The normalized spacial score (nSPS) is 16.7. The van der Waals surface area contributed by atoms with Crippen molar-refractivity contribution >= 4 is 44.6 Å². The van der Waals surface area contributed by atoms with Crippen LogP contribution in [0.5, 0.6) is 0 Å². The number of carbonyl (C=O) groups is 1. The van der Waals surface area contributed by atoms with E-state index in [1.54, 1.807) is 53.7 Å². The number of anilines is 1. The molecule has 5 aromatic rings. The number of fused-ring (bicyclic) bond motifs is 1. The summed E-state index contributed by atoms with van der Waals surface area (Å²) in [5.74, 6) is 0.451. The molecule has 2 aliphatic rings. The van der Waals surface area contributed by atoms with Gasteiger partial charge in [-0.2, -0.15) is 0 Å². The minimum Gasteiger partial charge on any atom is -0.445 e. The molecule has 1 amide bonds. The molecular weight excluding hydrogens is 672 g/mol. The number of halogens is 1. The van der Waals surface area contributed by atoms with Crippen molar-refractivity contribution in [3.63, 3.8) is 0 Å². The number of likely N-dealkylation sites (tertiary alicyclic amines) is 1. The molecule has 1 aliphatic carbocycles. The van der Waals surface area contributed by atoms with Crippen LogP contribution in [0, 0.1) is 0 Å². The summed E-state index contributed by atoms with van der Waals surface area (Å²) in [4.78, 5) is 24.2. The molecule has 1 saturated carbocycles. The third-order valence-electron chi connectivity index (χ3n) is 9.85. The van der Waals surface area contributed by atoms with Crippen LogP contribution in [0.1, 0.15) is 50.5 Å². The van der Waals surface area contributed by atoms with Crippen molar-refractivity contribution in [2.75, 3.05) is 25.0 Å². The van der Waals surface area contributed by atoms with E-state index in [-0.39, 0.29) is 29.2 Å². The molecule has 3 aromatic carbocycles. The molecule has 2 N–H and O–H groups in total. The quantitative estimate of drug-likeness (QED) is 0.153. The van der Waals surface area contributed by atoms with Crippen molar-refractivity contribution in [2.45, 2.75) is 68.0 Å². The molecule has 10 nitrogen and oxygen atoms in total. The van der Waals surface area contributed by atoms with Crippen LogP contribution in [0.15, 0.2) is 102 Å². The molecule has 12 heteroatoms. The zero-order chi connectivity index (χ0) is 34.6. The number of nitrogens with one attached hydrogen (secondary N) is 2. The lowest BCUT2D eigenvalue weighted by Gasteiger charge is -2.40. The number of carbonyl (C=O) groups excluding carboxylic acids is 1. The Morgan fingerprint density at radius 2 is 1.60 bits per heavy atom. The van der Waals surface area contributed by atoms with E-state index in [1.807, 2.05) is 48.5 Å². The van der Waals surface area contributed by atoms with Gasteiger partial charge in [0.25, 0.3) is 10.0 Å². The van der Waals surface area contributed by atoms with Gasteiger partial charge in [0.15, 0.2) is 0 Å². The summed E-state index contributed by atoms with van der Waals surface area (Å²) in [5, 5.41) is 8.54. The van der Waals surface area contributed by atoms with E-state index in [4.69, 9.17) is 21.3 Å². The van der Waals surface area contributed by atoms with Gasteiger partial charge in [0, 0.05) is 42.8 Å². The number of piperidine rings is 1. The number of para-hydroxylation sites is 1. The highest BCUT2D eigenvalue weighted by molar-refractivity contribution is 7.90. The summed E-state index contributed by atoms with van der Waals surface area (Å²) < 4.78 is 34.3. The molecule has 7 rings (SSSR count). The average Bonchev–Trinajstić information content (AvgIpc) is 3.56. The minimum atomic E-state index is -3.87. The van der Waals surface area contributed by atoms with Crippen LogP contribution < -0.4 is 10.6 Å². The Hall–Kier alpha value is -4.45. The van der Waals surface area contributed by atoms with Crippen LogP contribution in [-0.2, 0) is 21.4 Å². The van der Waals surface area contributed by atoms with E-state index in [2.05, 4.69) is 15.6 Å². The molecule has 2 aromatic heterocycles. The summed E-state index contributed by atoms with van der Waals surface area (Å²) in [7, 11) is -3.87. The molecule has 0 atom stereocenters. The van der Waals surface area contributed by atoms with Gasteiger partial charge in [-0.25, -0.2) is 27.2 Å². The maximum Gasteiger partial charge on any atom is 0.410 e. The molecule has 0 unspecified atom stereocenters. The number of rotatable bonds is 10. The molecule has 0 bridgehead atoms. The summed E-state index contributed by atoms with van der Waals surface area (Å²) in [6.45, 7) is 2.29. The van der Waals surface area contributed by atoms with Crippen LogP contribution in [0.4, 0.5) is 10.7 Å². The van der Waals surface area contributed by atoms with Crippen LogP contribution >= 0.6 is 11.6 Å². The Bertz CT molecular complexity index is 2040. The summed E-state index contributed by atoms with van der Waals surface area (Å²) in [6, 6.07) is 25.7. The number of aromatic nitrogens is 3. The third-order valence-corrected chi connectivity index (χ3v) is 11.8. The van der Waals surface area contributed by atoms with Gasteiger partial charge in [-0.05, 0) is 49.4 Å². The fourth-order valence-corrected chi connectivity index (χ4v) is 8.67. The Labute approximate surface area is 297 Å². The summed E-state index contributed by atoms with van der Waals surface area (Å²) in [6.07, 6.45) is 9.87.